The first-order valence-electron chi connectivity index (χ1n) is 4.86. The van der Waals surface area contributed by atoms with E-state index >= 15 is 0 Å². The minimum Gasteiger partial charge on any atom is -0.390 e. The van der Waals surface area contributed by atoms with E-state index in [1.54, 1.807) is 38.1 Å². The van der Waals surface area contributed by atoms with Gasteiger partial charge in [-0.05, 0) is 25.5 Å². The number of aliphatic hydroxyl groups is 1. The van der Waals surface area contributed by atoms with Gasteiger partial charge < -0.3 is 5.11 Å². The van der Waals surface area contributed by atoms with Gasteiger partial charge in [-0.1, -0.05) is 18.2 Å². The molecule has 82 valence electrons. The van der Waals surface area contributed by atoms with Gasteiger partial charge in [0.2, 0.25) is 0 Å². The Morgan fingerprint density at radius 2 is 1.93 bits per heavy atom. The minimum atomic E-state index is -3.20. The summed E-state index contributed by atoms with van der Waals surface area (Å²) in [5.74, 6) is -0.311. The second-order valence-electron chi connectivity index (χ2n) is 4.53. The van der Waals surface area contributed by atoms with E-state index in [0.717, 1.165) is 5.56 Å². The van der Waals surface area contributed by atoms with Crippen LogP contribution < -0.4 is 0 Å². The van der Waals surface area contributed by atoms with Crippen molar-refractivity contribution < 1.29 is 13.5 Å². The van der Waals surface area contributed by atoms with Gasteiger partial charge in [-0.25, -0.2) is 8.42 Å². The van der Waals surface area contributed by atoms with Crippen molar-refractivity contribution in [2.75, 3.05) is 5.75 Å². The standard InChI is InChI=1S/C11H14O3S/c1-11(2,12)9-7-15(13,14)10-6-4-3-5-8(9)10/h3-6,9,12H,7H2,1-2H3. The van der Waals surface area contributed by atoms with Crippen LogP contribution in [0, 0.1) is 0 Å². The van der Waals surface area contributed by atoms with Crippen LogP contribution in [-0.4, -0.2) is 24.9 Å². The lowest BCUT2D eigenvalue weighted by molar-refractivity contribution is 0.0575. The Hall–Kier alpha value is -0.870. The van der Waals surface area contributed by atoms with Crippen molar-refractivity contribution in [3.8, 4) is 0 Å². The van der Waals surface area contributed by atoms with Crippen LogP contribution in [-0.2, 0) is 9.84 Å². The number of benzene rings is 1. The van der Waals surface area contributed by atoms with Crippen molar-refractivity contribution in [1.29, 1.82) is 0 Å². The van der Waals surface area contributed by atoms with Gasteiger partial charge in [-0.3, -0.25) is 0 Å². The van der Waals surface area contributed by atoms with E-state index in [4.69, 9.17) is 0 Å². The fourth-order valence-electron chi connectivity index (χ4n) is 2.04. The second kappa shape index (κ2) is 3.06. The Bertz CT molecular complexity index is 483. The molecule has 1 aromatic carbocycles. The summed E-state index contributed by atoms with van der Waals surface area (Å²) in [6.45, 7) is 3.30. The van der Waals surface area contributed by atoms with Crippen LogP contribution in [0.15, 0.2) is 29.2 Å². The normalized spacial score (nSPS) is 23.8. The predicted octanol–water partition coefficient (Wildman–Crippen LogP) is 1.33. The van der Waals surface area contributed by atoms with Gasteiger partial charge in [0.05, 0.1) is 16.2 Å². The molecule has 1 aliphatic heterocycles. The third-order valence-corrected chi connectivity index (χ3v) is 4.68. The summed E-state index contributed by atoms with van der Waals surface area (Å²) in [5.41, 5.74) is -0.260. The second-order valence-corrected chi connectivity index (χ2v) is 6.53. The zero-order chi connectivity index (χ0) is 11.3. The maximum Gasteiger partial charge on any atom is 0.179 e. The van der Waals surface area contributed by atoms with Crippen LogP contribution in [0.3, 0.4) is 0 Å². The Morgan fingerprint density at radius 1 is 1.33 bits per heavy atom. The van der Waals surface area contributed by atoms with Gasteiger partial charge in [0.25, 0.3) is 0 Å². The fourth-order valence-corrected chi connectivity index (χ4v) is 4.10. The van der Waals surface area contributed by atoms with Gasteiger partial charge in [-0.2, -0.15) is 0 Å². The molecule has 1 aromatic rings. The molecule has 0 amide bonds. The van der Waals surface area contributed by atoms with E-state index < -0.39 is 15.4 Å². The Balaban J connectivity index is 2.62. The maximum atomic E-state index is 11.8. The smallest absolute Gasteiger partial charge is 0.179 e. The van der Waals surface area contributed by atoms with Crippen LogP contribution in [0.2, 0.25) is 0 Å². The first-order chi connectivity index (χ1) is 6.82. The van der Waals surface area contributed by atoms with E-state index in [1.807, 2.05) is 0 Å². The molecule has 15 heavy (non-hydrogen) atoms. The van der Waals surface area contributed by atoms with Gasteiger partial charge in [0.1, 0.15) is 0 Å². The first kappa shape index (κ1) is 10.6. The molecule has 1 unspecified atom stereocenters. The van der Waals surface area contributed by atoms with Gasteiger partial charge >= 0.3 is 0 Å². The molecule has 0 spiro atoms. The molecule has 0 saturated carbocycles. The molecule has 1 N–H and O–H groups in total. The van der Waals surface area contributed by atoms with E-state index in [0.29, 0.717) is 4.90 Å². The molecule has 1 aliphatic rings. The number of fused-ring (bicyclic) bond motifs is 1. The molecule has 1 heterocycles. The molecule has 0 aliphatic carbocycles. The first-order valence-corrected chi connectivity index (χ1v) is 6.51. The third-order valence-electron chi connectivity index (χ3n) is 2.87. The molecule has 0 radical (unpaired) electrons. The van der Waals surface area contributed by atoms with Crippen LogP contribution in [0.25, 0.3) is 0 Å². The largest absolute Gasteiger partial charge is 0.390 e. The highest BCUT2D eigenvalue weighted by Crippen LogP contribution is 2.40. The van der Waals surface area contributed by atoms with Crippen molar-refractivity contribution in [2.45, 2.75) is 30.3 Å². The summed E-state index contributed by atoms with van der Waals surface area (Å²) in [6.07, 6.45) is 0. The summed E-state index contributed by atoms with van der Waals surface area (Å²) in [4.78, 5) is 0.372. The highest BCUT2D eigenvalue weighted by molar-refractivity contribution is 7.91. The molecule has 3 nitrogen and oxygen atoms in total. The topological polar surface area (TPSA) is 54.4 Å². The van der Waals surface area contributed by atoms with Crippen molar-refractivity contribution in [1.82, 2.24) is 0 Å². The Labute approximate surface area is 89.7 Å². The van der Waals surface area contributed by atoms with Crippen LogP contribution in [0.5, 0.6) is 0 Å². The van der Waals surface area contributed by atoms with Crippen LogP contribution in [0.4, 0.5) is 0 Å². The minimum absolute atomic E-state index is 0.00977. The van der Waals surface area contributed by atoms with Gasteiger partial charge in [0, 0.05) is 5.92 Å². The zero-order valence-electron chi connectivity index (χ0n) is 8.77. The monoisotopic (exact) mass is 226 g/mol. The predicted molar refractivity (Wildman–Crippen MR) is 57.5 cm³/mol. The maximum absolute atomic E-state index is 11.8. The Kier molecular flexibility index (Phi) is 2.17. The number of sulfone groups is 1. The lowest BCUT2D eigenvalue weighted by Crippen LogP contribution is -2.30. The van der Waals surface area contributed by atoms with E-state index in [-0.39, 0.29) is 11.7 Å². The Morgan fingerprint density at radius 3 is 2.53 bits per heavy atom. The summed E-state index contributed by atoms with van der Waals surface area (Å²) in [5, 5.41) is 9.93. The summed E-state index contributed by atoms with van der Waals surface area (Å²) >= 11 is 0. The molecule has 1 atom stereocenters. The molecule has 0 bridgehead atoms. The third kappa shape index (κ3) is 1.68. The van der Waals surface area contributed by atoms with Crippen molar-refractivity contribution >= 4 is 9.84 Å². The molecule has 4 heteroatoms. The average molecular weight is 226 g/mol. The molecule has 2 rings (SSSR count). The quantitative estimate of drug-likeness (QED) is 0.786. The van der Waals surface area contributed by atoms with E-state index in [2.05, 4.69) is 0 Å². The number of rotatable bonds is 1. The van der Waals surface area contributed by atoms with Crippen molar-refractivity contribution in [2.24, 2.45) is 0 Å². The SMILES string of the molecule is CC(C)(O)C1CS(=O)(=O)c2ccccc21. The van der Waals surface area contributed by atoms with E-state index in [1.165, 1.54) is 0 Å². The lowest BCUT2D eigenvalue weighted by atomic mass is 9.87. The van der Waals surface area contributed by atoms with E-state index in [9.17, 15) is 13.5 Å². The summed E-state index contributed by atoms with van der Waals surface area (Å²) in [7, 11) is -3.20. The zero-order valence-corrected chi connectivity index (χ0v) is 9.58. The van der Waals surface area contributed by atoms with Crippen molar-refractivity contribution in [3.05, 3.63) is 29.8 Å². The molecular weight excluding hydrogens is 212 g/mol. The fraction of sp³-hybridized carbons (Fsp3) is 0.455. The summed E-state index contributed by atoms with van der Waals surface area (Å²) < 4.78 is 23.6. The number of hydrogen-bond donors (Lipinski definition) is 1. The average Bonchev–Trinajstić information content (AvgIpc) is 2.39. The lowest BCUT2D eigenvalue weighted by Gasteiger charge is -2.25. The molecule has 0 aromatic heterocycles. The van der Waals surface area contributed by atoms with Crippen LogP contribution >= 0.6 is 0 Å². The molecular formula is C11H14O3S. The highest BCUT2D eigenvalue weighted by atomic mass is 32.2. The molecule has 0 fully saturated rings. The highest BCUT2D eigenvalue weighted by Gasteiger charge is 2.41. The molecule has 0 saturated heterocycles. The van der Waals surface area contributed by atoms with Gasteiger partial charge in [-0.15, -0.1) is 0 Å². The van der Waals surface area contributed by atoms with Gasteiger partial charge in [0.15, 0.2) is 9.84 Å². The van der Waals surface area contributed by atoms with Crippen molar-refractivity contribution in [3.63, 3.8) is 0 Å². The summed E-state index contributed by atoms with van der Waals surface area (Å²) in [6, 6.07) is 6.90. The number of hydrogen-bond acceptors (Lipinski definition) is 3. The van der Waals surface area contributed by atoms with Crippen LogP contribution in [0.1, 0.15) is 25.3 Å².